The largest absolute Gasteiger partial charge is 0.274 e. The molecule has 1 N–H and O–H groups in total. The second-order valence-corrected chi connectivity index (χ2v) is 6.88. The van der Waals surface area contributed by atoms with Gasteiger partial charge in [0, 0.05) is 18.7 Å². The van der Waals surface area contributed by atoms with Gasteiger partial charge < -0.3 is 0 Å². The van der Waals surface area contributed by atoms with Gasteiger partial charge in [-0.15, -0.1) is 0 Å². The van der Waals surface area contributed by atoms with Crippen LogP contribution >= 0.6 is 0 Å². The van der Waals surface area contributed by atoms with Crippen LogP contribution in [0.15, 0.2) is 22.3 Å². The molecule has 0 aliphatic carbocycles. The highest BCUT2D eigenvalue weighted by molar-refractivity contribution is 7.91. The number of hydrazone groups is 1. The number of nitrogens with one attached hydrogen (secondary N) is 1. The molecule has 0 saturated heterocycles. The van der Waals surface area contributed by atoms with Gasteiger partial charge in [0.2, 0.25) is 5.91 Å². The first-order valence-corrected chi connectivity index (χ1v) is 7.95. The van der Waals surface area contributed by atoms with E-state index in [1.54, 1.807) is 6.92 Å². The lowest BCUT2D eigenvalue weighted by Gasteiger charge is -2.11. The smallest absolute Gasteiger partial charge is 0.236 e. The molecule has 20 heavy (non-hydrogen) atoms. The molecular formula is C13H19N3O3S. The number of sulfone groups is 1. The van der Waals surface area contributed by atoms with E-state index in [1.807, 2.05) is 13.8 Å². The Morgan fingerprint density at radius 2 is 2.15 bits per heavy atom. The van der Waals surface area contributed by atoms with E-state index in [4.69, 9.17) is 0 Å². The van der Waals surface area contributed by atoms with Gasteiger partial charge in [-0.2, -0.15) is 5.10 Å². The Labute approximate surface area is 119 Å². The van der Waals surface area contributed by atoms with Crippen LogP contribution in [0.3, 0.4) is 0 Å². The monoisotopic (exact) mass is 297 g/mol. The van der Waals surface area contributed by atoms with E-state index in [1.165, 1.54) is 25.4 Å². The Morgan fingerprint density at radius 1 is 1.50 bits per heavy atom. The van der Waals surface area contributed by atoms with Gasteiger partial charge in [0.15, 0.2) is 9.84 Å². The molecule has 0 aromatic carbocycles. The topological polar surface area (TPSA) is 88.5 Å². The van der Waals surface area contributed by atoms with Crippen molar-refractivity contribution in [3.05, 3.63) is 23.5 Å². The molecule has 0 unspecified atom stereocenters. The lowest BCUT2D eigenvalue weighted by molar-refractivity contribution is -0.118. The number of hydrogen-bond donors (Lipinski definition) is 1. The van der Waals surface area contributed by atoms with Crippen LogP contribution in [0.4, 0.5) is 0 Å². The molecule has 1 aromatic heterocycles. The summed E-state index contributed by atoms with van der Waals surface area (Å²) in [7, 11) is -3.35. The van der Waals surface area contributed by atoms with Crippen molar-refractivity contribution in [3.8, 4) is 0 Å². The summed E-state index contributed by atoms with van der Waals surface area (Å²) >= 11 is 0. The minimum Gasteiger partial charge on any atom is -0.274 e. The summed E-state index contributed by atoms with van der Waals surface area (Å²) in [4.78, 5) is 15.1. The van der Waals surface area contributed by atoms with E-state index in [0.29, 0.717) is 11.3 Å². The fourth-order valence-corrected chi connectivity index (χ4v) is 2.81. The van der Waals surface area contributed by atoms with Crippen LogP contribution in [-0.2, 0) is 14.6 Å². The molecule has 1 rings (SSSR count). The van der Waals surface area contributed by atoms with Crippen molar-refractivity contribution in [2.75, 3.05) is 5.75 Å². The number of amides is 1. The molecule has 1 aromatic rings. The summed E-state index contributed by atoms with van der Waals surface area (Å²) in [6.45, 7) is 6.71. The van der Waals surface area contributed by atoms with Gasteiger partial charge in [0.1, 0.15) is 0 Å². The second-order valence-electron chi connectivity index (χ2n) is 4.64. The zero-order chi connectivity index (χ0) is 15.3. The third-order valence-corrected chi connectivity index (χ3v) is 4.36. The standard InChI is InChI=1S/C13H19N3O3S/c1-5-20(18,19)12-6-11(8-15-16-10(4)17)7-14-13(12)9(2)3/h6-9H,5H2,1-4H3,(H,16,17)/b15-8+. The van der Waals surface area contributed by atoms with Crippen molar-refractivity contribution < 1.29 is 13.2 Å². The Morgan fingerprint density at radius 3 is 2.65 bits per heavy atom. The summed E-state index contributed by atoms with van der Waals surface area (Å²) in [6, 6.07) is 1.53. The normalized spacial score (nSPS) is 12.1. The van der Waals surface area contributed by atoms with Gasteiger partial charge >= 0.3 is 0 Å². The fourth-order valence-electron chi connectivity index (χ4n) is 1.58. The van der Waals surface area contributed by atoms with Crippen LogP contribution in [0, 0.1) is 0 Å². The first kappa shape index (κ1) is 16.3. The van der Waals surface area contributed by atoms with Gasteiger partial charge in [-0.1, -0.05) is 20.8 Å². The number of carbonyl (C=O) groups is 1. The number of hydrogen-bond acceptors (Lipinski definition) is 5. The maximum absolute atomic E-state index is 12.1. The van der Waals surface area contributed by atoms with Crippen LogP contribution in [0.1, 0.15) is 44.9 Å². The lowest BCUT2D eigenvalue weighted by atomic mass is 10.1. The first-order valence-electron chi connectivity index (χ1n) is 6.30. The molecule has 0 fully saturated rings. The van der Waals surface area contributed by atoms with Crippen molar-refractivity contribution in [2.24, 2.45) is 5.10 Å². The van der Waals surface area contributed by atoms with E-state index in [9.17, 15) is 13.2 Å². The number of pyridine rings is 1. The van der Waals surface area contributed by atoms with Gasteiger partial charge in [-0.25, -0.2) is 13.8 Å². The SMILES string of the molecule is CCS(=O)(=O)c1cc(/C=N/NC(C)=O)cnc1C(C)C. The van der Waals surface area contributed by atoms with Crippen molar-refractivity contribution in [3.63, 3.8) is 0 Å². The van der Waals surface area contributed by atoms with E-state index in [0.717, 1.165) is 0 Å². The lowest BCUT2D eigenvalue weighted by Crippen LogP contribution is -2.13. The molecule has 1 heterocycles. The average Bonchev–Trinajstić information content (AvgIpc) is 2.38. The second kappa shape index (κ2) is 6.60. The van der Waals surface area contributed by atoms with Crippen molar-refractivity contribution in [1.82, 2.24) is 10.4 Å². The van der Waals surface area contributed by atoms with Crippen molar-refractivity contribution >= 4 is 22.0 Å². The highest BCUT2D eigenvalue weighted by Gasteiger charge is 2.20. The van der Waals surface area contributed by atoms with Crippen LogP contribution in [0.25, 0.3) is 0 Å². The minimum absolute atomic E-state index is 0.00709. The molecular weight excluding hydrogens is 278 g/mol. The van der Waals surface area contributed by atoms with E-state index < -0.39 is 9.84 Å². The number of rotatable bonds is 5. The van der Waals surface area contributed by atoms with E-state index >= 15 is 0 Å². The maximum Gasteiger partial charge on any atom is 0.236 e. The zero-order valence-corrected chi connectivity index (χ0v) is 12.9. The molecule has 7 heteroatoms. The molecule has 110 valence electrons. The zero-order valence-electron chi connectivity index (χ0n) is 12.0. The Balaban J connectivity index is 3.25. The van der Waals surface area contributed by atoms with Gasteiger partial charge in [-0.3, -0.25) is 9.78 Å². The van der Waals surface area contributed by atoms with E-state index in [-0.39, 0.29) is 22.5 Å². The Hall–Kier alpha value is -1.76. The number of aromatic nitrogens is 1. The number of nitrogens with zero attached hydrogens (tertiary/aromatic N) is 2. The summed E-state index contributed by atoms with van der Waals surface area (Å²) in [6.07, 6.45) is 2.91. The Bertz CT molecular complexity index is 622. The van der Waals surface area contributed by atoms with Gasteiger partial charge in [0.25, 0.3) is 0 Å². The molecule has 0 saturated carbocycles. The van der Waals surface area contributed by atoms with Crippen molar-refractivity contribution in [2.45, 2.75) is 38.5 Å². The maximum atomic E-state index is 12.1. The van der Waals surface area contributed by atoms with Gasteiger partial charge in [-0.05, 0) is 12.0 Å². The predicted octanol–water partition coefficient (Wildman–Crippen LogP) is 1.47. The molecule has 0 aliphatic rings. The first-order chi connectivity index (χ1) is 9.27. The molecule has 1 amide bonds. The van der Waals surface area contributed by atoms with Crippen LogP contribution in [0.2, 0.25) is 0 Å². The highest BCUT2D eigenvalue weighted by atomic mass is 32.2. The highest BCUT2D eigenvalue weighted by Crippen LogP contribution is 2.23. The summed E-state index contributed by atoms with van der Waals surface area (Å²) < 4.78 is 24.2. The Kier molecular flexibility index (Phi) is 5.38. The van der Waals surface area contributed by atoms with Crippen molar-refractivity contribution in [1.29, 1.82) is 0 Å². The molecule has 0 radical (unpaired) electrons. The van der Waals surface area contributed by atoms with Crippen LogP contribution < -0.4 is 5.43 Å². The molecule has 0 atom stereocenters. The number of carbonyl (C=O) groups excluding carboxylic acids is 1. The summed E-state index contributed by atoms with van der Waals surface area (Å²) in [5.41, 5.74) is 3.33. The quantitative estimate of drug-likeness (QED) is 0.658. The van der Waals surface area contributed by atoms with Crippen LogP contribution in [0.5, 0.6) is 0 Å². The summed E-state index contributed by atoms with van der Waals surface area (Å²) in [5.74, 6) is -0.275. The minimum atomic E-state index is -3.35. The third kappa shape index (κ3) is 4.12. The molecule has 0 bridgehead atoms. The van der Waals surface area contributed by atoms with E-state index in [2.05, 4.69) is 15.5 Å². The molecule has 0 spiro atoms. The predicted molar refractivity (Wildman–Crippen MR) is 77.5 cm³/mol. The average molecular weight is 297 g/mol. The summed E-state index contributed by atoms with van der Waals surface area (Å²) in [5, 5.41) is 3.71. The fraction of sp³-hybridized carbons (Fsp3) is 0.462. The van der Waals surface area contributed by atoms with Gasteiger partial charge in [0.05, 0.1) is 22.6 Å². The third-order valence-electron chi connectivity index (χ3n) is 2.60. The molecule has 6 nitrogen and oxygen atoms in total. The molecule has 0 aliphatic heterocycles. The van der Waals surface area contributed by atoms with Crippen LogP contribution in [-0.4, -0.2) is 31.3 Å².